The van der Waals surface area contributed by atoms with Crippen LogP contribution in [0.4, 0.5) is 0 Å². The summed E-state index contributed by atoms with van der Waals surface area (Å²) in [6.07, 6.45) is 0.247. The summed E-state index contributed by atoms with van der Waals surface area (Å²) in [5.74, 6) is -0.0377. The highest BCUT2D eigenvalue weighted by molar-refractivity contribution is 6.42. The molecular formula is C15H11Cl3O. The van der Waals surface area contributed by atoms with Gasteiger partial charge in [0.1, 0.15) is 0 Å². The molecule has 0 aliphatic rings. The minimum atomic E-state index is -0.0377. The Labute approximate surface area is 127 Å². The molecule has 0 radical (unpaired) electrons. The highest BCUT2D eigenvalue weighted by Gasteiger charge is 2.11. The third kappa shape index (κ3) is 3.50. The predicted octanol–water partition coefficient (Wildman–Crippen LogP) is 5.38. The van der Waals surface area contributed by atoms with Gasteiger partial charge in [-0.05, 0) is 42.3 Å². The molecule has 2 rings (SSSR count). The standard InChI is InChI=1S/C15H11Cl3O/c1-9-2-3-10(13(17)6-9)8-15(19)11-4-5-12(16)14(18)7-11/h2-7H,8H2,1H3. The highest BCUT2D eigenvalue weighted by Crippen LogP contribution is 2.24. The molecule has 0 bridgehead atoms. The molecule has 98 valence electrons. The first kappa shape index (κ1) is 14.4. The van der Waals surface area contributed by atoms with E-state index in [1.165, 1.54) is 0 Å². The van der Waals surface area contributed by atoms with Crippen molar-refractivity contribution in [2.75, 3.05) is 0 Å². The van der Waals surface area contributed by atoms with Crippen molar-refractivity contribution in [1.82, 2.24) is 0 Å². The molecular weight excluding hydrogens is 303 g/mol. The number of aryl methyl sites for hydroxylation is 1. The van der Waals surface area contributed by atoms with E-state index in [-0.39, 0.29) is 12.2 Å². The topological polar surface area (TPSA) is 17.1 Å². The lowest BCUT2D eigenvalue weighted by Crippen LogP contribution is -2.04. The normalized spacial score (nSPS) is 10.5. The molecule has 0 aromatic heterocycles. The van der Waals surface area contributed by atoms with Gasteiger partial charge in [-0.1, -0.05) is 46.9 Å². The van der Waals surface area contributed by atoms with Crippen molar-refractivity contribution in [2.24, 2.45) is 0 Å². The van der Waals surface area contributed by atoms with Gasteiger partial charge in [0.25, 0.3) is 0 Å². The molecule has 0 N–H and O–H groups in total. The van der Waals surface area contributed by atoms with Crippen LogP contribution in [-0.4, -0.2) is 5.78 Å². The summed E-state index contributed by atoms with van der Waals surface area (Å²) >= 11 is 17.8. The zero-order valence-corrected chi connectivity index (χ0v) is 12.5. The van der Waals surface area contributed by atoms with Gasteiger partial charge in [0.05, 0.1) is 10.0 Å². The fourth-order valence-electron chi connectivity index (χ4n) is 1.74. The Hall–Kier alpha value is -1.02. The maximum absolute atomic E-state index is 12.2. The van der Waals surface area contributed by atoms with Gasteiger partial charge in [0.15, 0.2) is 5.78 Å². The van der Waals surface area contributed by atoms with Crippen LogP contribution in [0.2, 0.25) is 15.1 Å². The molecule has 0 saturated heterocycles. The number of carbonyl (C=O) groups excluding carboxylic acids is 1. The molecule has 4 heteroatoms. The fraction of sp³-hybridized carbons (Fsp3) is 0.133. The van der Waals surface area contributed by atoms with Crippen LogP contribution in [0.1, 0.15) is 21.5 Å². The number of rotatable bonds is 3. The molecule has 2 aromatic rings. The summed E-state index contributed by atoms with van der Waals surface area (Å²) in [5.41, 5.74) is 2.41. The van der Waals surface area contributed by atoms with Crippen LogP contribution >= 0.6 is 34.8 Å². The van der Waals surface area contributed by atoms with Crippen molar-refractivity contribution in [3.8, 4) is 0 Å². The van der Waals surface area contributed by atoms with Crippen molar-refractivity contribution in [3.05, 3.63) is 68.2 Å². The lowest BCUT2D eigenvalue weighted by atomic mass is 10.0. The molecule has 0 atom stereocenters. The second-order valence-electron chi connectivity index (χ2n) is 4.32. The molecule has 0 saturated carbocycles. The van der Waals surface area contributed by atoms with Crippen LogP contribution in [0.15, 0.2) is 36.4 Å². The molecule has 1 nitrogen and oxygen atoms in total. The number of ketones is 1. The molecule has 0 aliphatic carbocycles. The zero-order chi connectivity index (χ0) is 14.0. The monoisotopic (exact) mass is 312 g/mol. The van der Waals surface area contributed by atoms with Crippen LogP contribution < -0.4 is 0 Å². The van der Waals surface area contributed by atoms with E-state index in [2.05, 4.69) is 0 Å². The number of halogens is 3. The Balaban J connectivity index is 2.23. The number of carbonyl (C=O) groups is 1. The van der Waals surface area contributed by atoms with Crippen LogP contribution in [0.25, 0.3) is 0 Å². The van der Waals surface area contributed by atoms with E-state index in [1.807, 2.05) is 25.1 Å². The number of Topliss-reactive ketones (excluding diaryl/α,β-unsaturated/α-hetero) is 1. The lowest BCUT2D eigenvalue weighted by molar-refractivity contribution is 0.0993. The summed E-state index contributed by atoms with van der Waals surface area (Å²) in [7, 11) is 0. The molecule has 0 heterocycles. The van der Waals surface area contributed by atoms with E-state index in [4.69, 9.17) is 34.8 Å². The smallest absolute Gasteiger partial charge is 0.167 e. The third-order valence-corrected chi connectivity index (χ3v) is 3.89. The number of hydrogen-bond donors (Lipinski definition) is 0. The first-order valence-electron chi connectivity index (χ1n) is 5.70. The molecule has 0 aliphatic heterocycles. The van der Waals surface area contributed by atoms with Gasteiger partial charge in [0.2, 0.25) is 0 Å². The van der Waals surface area contributed by atoms with E-state index < -0.39 is 0 Å². The molecule has 19 heavy (non-hydrogen) atoms. The molecule has 2 aromatic carbocycles. The number of benzene rings is 2. The molecule has 0 fully saturated rings. The third-order valence-electron chi connectivity index (χ3n) is 2.80. The molecule has 0 spiro atoms. The average molecular weight is 314 g/mol. The van der Waals surface area contributed by atoms with Crippen molar-refractivity contribution in [1.29, 1.82) is 0 Å². The maximum atomic E-state index is 12.2. The van der Waals surface area contributed by atoms with Gasteiger partial charge < -0.3 is 0 Å². The summed E-state index contributed by atoms with van der Waals surface area (Å²) in [5, 5.41) is 1.42. The Morgan fingerprint density at radius 1 is 0.947 bits per heavy atom. The van der Waals surface area contributed by atoms with E-state index in [0.717, 1.165) is 11.1 Å². The van der Waals surface area contributed by atoms with Crippen molar-refractivity contribution in [3.63, 3.8) is 0 Å². The fourth-order valence-corrected chi connectivity index (χ4v) is 2.34. The summed E-state index contributed by atoms with van der Waals surface area (Å²) in [4.78, 5) is 12.2. The first-order valence-corrected chi connectivity index (χ1v) is 6.84. The Bertz CT molecular complexity index is 635. The highest BCUT2D eigenvalue weighted by atomic mass is 35.5. The average Bonchev–Trinajstić information content (AvgIpc) is 2.36. The van der Waals surface area contributed by atoms with Crippen LogP contribution in [0.5, 0.6) is 0 Å². The minimum Gasteiger partial charge on any atom is -0.294 e. The van der Waals surface area contributed by atoms with Gasteiger partial charge in [0, 0.05) is 17.0 Å². The van der Waals surface area contributed by atoms with Crippen molar-refractivity contribution in [2.45, 2.75) is 13.3 Å². The summed E-state index contributed by atoms with van der Waals surface area (Å²) in [6, 6.07) is 10.5. The lowest BCUT2D eigenvalue weighted by Gasteiger charge is -2.06. The molecule has 0 amide bonds. The van der Waals surface area contributed by atoms with E-state index in [1.54, 1.807) is 18.2 Å². The SMILES string of the molecule is Cc1ccc(CC(=O)c2ccc(Cl)c(Cl)c2)c(Cl)c1. The maximum Gasteiger partial charge on any atom is 0.167 e. The predicted molar refractivity (Wildman–Crippen MR) is 80.7 cm³/mol. The van der Waals surface area contributed by atoms with Gasteiger partial charge in [-0.2, -0.15) is 0 Å². The Kier molecular flexibility index (Phi) is 4.51. The van der Waals surface area contributed by atoms with Gasteiger partial charge in [-0.3, -0.25) is 4.79 Å². The van der Waals surface area contributed by atoms with Crippen molar-refractivity contribution < 1.29 is 4.79 Å². The van der Waals surface area contributed by atoms with E-state index in [0.29, 0.717) is 20.6 Å². The summed E-state index contributed by atoms with van der Waals surface area (Å²) in [6.45, 7) is 1.95. The van der Waals surface area contributed by atoms with Gasteiger partial charge >= 0.3 is 0 Å². The van der Waals surface area contributed by atoms with E-state index >= 15 is 0 Å². The van der Waals surface area contributed by atoms with Crippen LogP contribution in [0.3, 0.4) is 0 Å². The Morgan fingerprint density at radius 3 is 2.32 bits per heavy atom. The quantitative estimate of drug-likeness (QED) is 0.695. The van der Waals surface area contributed by atoms with Gasteiger partial charge in [-0.25, -0.2) is 0 Å². The zero-order valence-electron chi connectivity index (χ0n) is 10.2. The molecule has 0 unspecified atom stereocenters. The minimum absolute atomic E-state index is 0.0377. The van der Waals surface area contributed by atoms with Crippen molar-refractivity contribution >= 4 is 40.6 Å². The largest absolute Gasteiger partial charge is 0.294 e. The van der Waals surface area contributed by atoms with Crippen LogP contribution in [0, 0.1) is 6.92 Å². The number of hydrogen-bond acceptors (Lipinski definition) is 1. The summed E-state index contributed by atoms with van der Waals surface area (Å²) < 4.78 is 0. The van der Waals surface area contributed by atoms with E-state index in [9.17, 15) is 4.79 Å². The van der Waals surface area contributed by atoms with Crippen LogP contribution in [-0.2, 0) is 6.42 Å². The van der Waals surface area contributed by atoms with Gasteiger partial charge in [-0.15, -0.1) is 0 Å². The first-order chi connectivity index (χ1) is 8.97. The second-order valence-corrected chi connectivity index (χ2v) is 5.55. The second kappa shape index (κ2) is 5.96. The Morgan fingerprint density at radius 2 is 1.68 bits per heavy atom.